The summed E-state index contributed by atoms with van der Waals surface area (Å²) < 4.78 is 37.7. The van der Waals surface area contributed by atoms with E-state index in [1.165, 1.54) is 6.20 Å². The van der Waals surface area contributed by atoms with Crippen molar-refractivity contribution in [1.29, 1.82) is 0 Å². The first kappa shape index (κ1) is 10.4. The van der Waals surface area contributed by atoms with Crippen LogP contribution in [0.25, 0.3) is 10.9 Å². The minimum absolute atomic E-state index is 0.466. The van der Waals surface area contributed by atoms with E-state index >= 15 is 0 Å². The van der Waals surface area contributed by atoms with Crippen molar-refractivity contribution in [1.82, 2.24) is 4.57 Å². The van der Waals surface area contributed by atoms with Crippen LogP contribution >= 0.6 is 11.6 Å². The van der Waals surface area contributed by atoms with E-state index in [0.717, 1.165) is 4.57 Å². The third-order valence-corrected chi connectivity index (χ3v) is 2.44. The maximum Gasteiger partial charge on any atom is 0.406 e. The molecule has 0 N–H and O–H groups in total. The van der Waals surface area contributed by atoms with Gasteiger partial charge in [0.1, 0.15) is 6.54 Å². The Labute approximate surface area is 89.1 Å². The van der Waals surface area contributed by atoms with Crippen LogP contribution in [0.1, 0.15) is 0 Å². The van der Waals surface area contributed by atoms with E-state index in [1.54, 1.807) is 24.3 Å². The molecule has 0 bridgehead atoms. The van der Waals surface area contributed by atoms with Gasteiger partial charge in [-0.1, -0.05) is 17.7 Å². The highest BCUT2D eigenvalue weighted by Crippen LogP contribution is 2.26. The summed E-state index contributed by atoms with van der Waals surface area (Å²) in [5, 5.41) is 1.11. The van der Waals surface area contributed by atoms with Gasteiger partial charge in [0.05, 0.1) is 0 Å². The molecule has 1 aromatic carbocycles. The van der Waals surface area contributed by atoms with Gasteiger partial charge < -0.3 is 4.57 Å². The van der Waals surface area contributed by atoms with Gasteiger partial charge in [-0.25, -0.2) is 0 Å². The molecule has 2 aromatic rings. The number of fused-ring (bicyclic) bond motifs is 1. The maximum absolute atomic E-state index is 12.2. The average molecular weight is 234 g/mol. The minimum atomic E-state index is -4.21. The zero-order chi connectivity index (χ0) is 11.1. The van der Waals surface area contributed by atoms with E-state index < -0.39 is 12.7 Å². The highest BCUT2D eigenvalue weighted by Gasteiger charge is 2.28. The predicted molar refractivity (Wildman–Crippen MR) is 53.0 cm³/mol. The average Bonchev–Trinajstić information content (AvgIpc) is 2.48. The molecule has 0 aliphatic heterocycles. The largest absolute Gasteiger partial charge is 0.406 e. The highest BCUT2D eigenvalue weighted by atomic mass is 35.5. The first-order chi connectivity index (χ1) is 6.97. The summed E-state index contributed by atoms with van der Waals surface area (Å²) >= 11 is 5.85. The molecule has 5 heteroatoms. The fourth-order valence-electron chi connectivity index (χ4n) is 1.52. The molecule has 1 heterocycles. The number of hydrogen-bond donors (Lipinski definition) is 0. The molecule has 1 nitrogen and oxygen atoms in total. The van der Waals surface area contributed by atoms with Gasteiger partial charge in [0.2, 0.25) is 0 Å². The monoisotopic (exact) mass is 233 g/mol. The van der Waals surface area contributed by atoms with Crippen molar-refractivity contribution in [3.8, 4) is 0 Å². The lowest BCUT2D eigenvalue weighted by Gasteiger charge is -2.08. The lowest BCUT2D eigenvalue weighted by atomic mass is 10.2. The molecule has 0 fully saturated rings. The molecule has 0 aliphatic rings. The molecule has 0 saturated heterocycles. The minimum Gasteiger partial charge on any atom is -0.338 e. The van der Waals surface area contributed by atoms with Crippen LogP contribution in [0.15, 0.2) is 30.5 Å². The molecule has 0 atom stereocenters. The molecule has 0 aliphatic carbocycles. The second kappa shape index (κ2) is 3.45. The van der Waals surface area contributed by atoms with Crippen LogP contribution in [-0.4, -0.2) is 10.7 Å². The van der Waals surface area contributed by atoms with Crippen molar-refractivity contribution in [2.45, 2.75) is 12.7 Å². The molecular formula is C10H7ClF3N. The van der Waals surface area contributed by atoms with Crippen LogP contribution in [0.4, 0.5) is 13.2 Å². The van der Waals surface area contributed by atoms with Crippen LogP contribution in [-0.2, 0) is 6.54 Å². The molecule has 0 spiro atoms. The van der Waals surface area contributed by atoms with Gasteiger partial charge in [-0.15, -0.1) is 0 Å². The van der Waals surface area contributed by atoms with Gasteiger partial charge in [-0.05, 0) is 18.2 Å². The first-order valence-corrected chi connectivity index (χ1v) is 4.65. The van der Waals surface area contributed by atoms with Crippen LogP contribution < -0.4 is 0 Å². The van der Waals surface area contributed by atoms with Crippen molar-refractivity contribution in [2.75, 3.05) is 0 Å². The molecule has 0 saturated carbocycles. The fraction of sp³-hybridized carbons (Fsp3) is 0.200. The number of alkyl halides is 3. The summed E-state index contributed by atoms with van der Waals surface area (Å²) in [5.74, 6) is 0. The van der Waals surface area contributed by atoms with E-state index in [-0.39, 0.29) is 0 Å². The van der Waals surface area contributed by atoms with Gasteiger partial charge in [-0.2, -0.15) is 13.2 Å². The van der Waals surface area contributed by atoms with Crippen molar-refractivity contribution >= 4 is 22.5 Å². The third kappa shape index (κ3) is 2.09. The second-order valence-electron chi connectivity index (χ2n) is 3.23. The second-order valence-corrected chi connectivity index (χ2v) is 3.64. The van der Waals surface area contributed by atoms with Crippen molar-refractivity contribution < 1.29 is 13.2 Å². The fourth-order valence-corrected chi connectivity index (χ4v) is 1.75. The molecule has 1 aromatic heterocycles. The van der Waals surface area contributed by atoms with Gasteiger partial charge >= 0.3 is 6.18 Å². The standard InChI is InChI=1S/C10H7ClF3N/c11-8-2-1-3-9-7(8)4-5-15(9)6-10(12,13)14/h1-5H,6H2. The van der Waals surface area contributed by atoms with Gasteiger partial charge in [0, 0.05) is 22.1 Å². The molecule has 80 valence electrons. The zero-order valence-corrected chi connectivity index (χ0v) is 8.31. The topological polar surface area (TPSA) is 4.93 Å². The lowest BCUT2D eigenvalue weighted by Crippen LogP contribution is -2.16. The lowest BCUT2D eigenvalue weighted by molar-refractivity contribution is -0.139. The summed E-state index contributed by atoms with van der Waals surface area (Å²) in [7, 11) is 0. The van der Waals surface area contributed by atoms with Crippen LogP contribution in [0.2, 0.25) is 5.02 Å². The summed E-state index contributed by atoms with van der Waals surface area (Å²) in [6.07, 6.45) is -2.82. The smallest absolute Gasteiger partial charge is 0.338 e. The van der Waals surface area contributed by atoms with E-state index in [0.29, 0.717) is 15.9 Å². The van der Waals surface area contributed by atoms with E-state index in [1.807, 2.05) is 0 Å². The summed E-state index contributed by atoms with van der Waals surface area (Å²) in [6.45, 7) is -0.989. The molecule has 2 rings (SSSR count). The molecular weight excluding hydrogens is 227 g/mol. The summed E-state index contributed by atoms with van der Waals surface area (Å²) in [6, 6.07) is 6.50. The van der Waals surface area contributed by atoms with Crippen molar-refractivity contribution in [2.24, 2.45) is 0 Å². The molecule has 15 heavy (non-hydrogen) atoms. The Balaban J connectivity index is 2.50. The quantitative estimate of drug-likeness (QED) is 0.705. The number of rotatable bonds is 1. The van der Waals surface area contributed by atoms with E-state index in [2.05, 4.69) is 0 Å². The Morgan fingerprint density at radius 2 is 1.93 bits per heavy atom. The molecule has 0 amide bonds. The summed E-state index contributed by atoms with van der Waals surface area (Å²) in [4.78, 5) is 0. The van der Waals surface area contributed by atoms with Gasteiger partial charge in [0.15, 0.2) is 0 Å². The van der Waals surface area contributed by atoms with Crippen molar-refractivity contribution in [3.63, 3.8) is 0 Å². The Kier molecular flexibility index (Phi) is 2.38. The predicted octanol–water partition coefficient (Wildman–Crippen LogP) is 3.86. The Hall–Kier alpha value is -1.16. The highest BCUT2D eigenvalue weighted by molar-refractivity contribution is 6.35. The number of benzene rings is 1. The van der Waals surface area contributed by atoms with E-state index in [9.17, 15) is 13.2 Å². The van der Waals surface area contributed by atoms with Gasteiger partial charge in [-0.3, -0.25) is 0 Å². The number of hydrogen-bond acceptors (Lipinski definition) is 0. The number of halogens is 4. The normalized spacial score (nSPS) is 12.3. The Morgan fingerprint density at radius 1 is 1.20 bits per heavy atom. The SMILES string of the molecule is FC(F)(F)Cn1ccc2c(Cl)cccc21. The maximum atomic E-state index is 12.2. The number of nitrogens with zero attached hydrogens (tertiary/aromatic N) is 1. The first-order valence-electron chi connectivity index (χ1n) is 4.27. The van der Waals surface area contributed by atoms with Crippen LogP contribution in [0.3, 0.4) is 0 Å². The van der Waals surface area contributed by atoms with Crippen molar-refractivity contribution in [3.05, 3.63) is 35.5 Å². The van der Waals surface area contributed by atoms with E-state index in [4.69, 9.17) is 11.6 Å². The van der Waals surface area contributed by atoms with Crippen LogP contribution in [0.5, 0.6) is 0 Å². The number of aromatic nitrogens is 1. The Bertz CT molecular complexity index is 487. The molecule has 0 unspecified atom stereocenters. The summed E-state index contributed by atoms with van der Waals surface area (Å²) in [5.41, 5.74) is 0.500. The zero-order valence-electron chi connectivity index (χ0n) is 7.55. The third-order valence-electron chi connectivity index (χ3n) is 2.11. The molecule has 0 radical (unpaired) electrons. The Morgan fingerprint density at radius 3 is 2.60 bits per heavy atom. The van der Waals surface area contributed by atoms with Crippen LogP contribution in [0, 0.1) is 0 Å². The van der Waals surface area contributed by atoms with Gasteiger partial charge in [0.25, 0.3) is 0 Å².